The number of benzene rings is 3. The zero-order valence-electron chi connectivity index (χ0n) is 17.8. The molecule has 1 heterocycles. The van der Waals surface area contributed by atoms with E-state index in [4.69, 9.17) is 5.11 Å². The van der Waals surface area contributed by atoms with E-state index in [2.05, 4.69) is 59.6 Å². The highest BCUT2D eigenvalue weighted by atomic mass is 16.4. The Morgan fingerprint density at radius 2 is 1.68 bits per heavy atom. The molecule has 5 heteroatoms. The van der Waals surface area contributed by atoms with Crippen LogP contribution in [0, 0.1) is 5.92 Å². The van der Waals surface area contributed by atoms with Crippen molar-refractivity contribution < 1.29 is 14.7 Å². The Morgan fingerprint density at radius 3 is 2.39 bits per heavy atom. The summed E-state index contributed by atoms with van der Waals surface area (Å²) in [6.07, 6.45) is 1.69. The second kappa shape index (κ2) is 9.31. The fourth-order valence-electron chi connectivity index (χ4n) is 4.46. The van der Waals surface area contributed by atoms with E-state index in [9.17, 15) is 9.59 Å². The molecule has 5 nitrogen and oxygen atoms in total. The molecule has 1 saturated heterocycles. The van der Waals surface area contributed by atoms with Crippen molar-refractivity contribution in [3.63, 3.8) is 0 Å². The maximum Gasteiger partial charge on any atom is 0.335 e. The predicted molar refractivity (Wildman–Crippen MR) is 122 cm³/mol. The summed E-state index contributed by atoms with van der Waals surface area (Å²) in [5.74, 6) is -0.839. The van der Waals surface area contributed by atoms with Crippen molar-refractivity contribution in [3.8, 4) is 0 Å². The minimum Gasteiger partial charge on any atom is -0.478 e. The van der Waals surface area contributed by atoms with Gasteiger partial charge >= 0.3 is 5.97 Å². The van der Waals surface area contributed by atoms with Crippen molar-refractivity contribution in [1.82, 2.24) is 10.2 Å². The van der Waals surface area contributed by atoms with E-state index in [1.807, 2.05) is 0 Å². The molecule has 0 aromatic heterocycles. The number of hydrogen-bond donors (Lipinski definition) is 2. The lowest BCUT2D eigenvalue weighted by molar-refractivity contribution is -0.126. The van der Waals surface area contributed by atoms with Crippen molar-refractivity contribution in [2.24, 2.45) is 5.92 Å². The quantitative estimate of drug-likeness (QED) is 0.615. The van der Waals surface area contributed by atoms with Gasteiger partial charge in [-0.1, -0.05) is 54.6 Å². The van der Waals surface area contributed by atoms with Gasteiger partial charge in [0.05, 0.1) is 5.56 Å². The van der Waals surface area contributed by atoms with Gasteiger partial charge in [-0.3, -0.25) is 9.69 Å². The summed E-state index contributed by atoms with van der Waals surface area (Å²) in [6.45, 7) is 4.47. The van der Waals surface area contributed by atoms with E-state index in [-0.39, 0.29) is 17.4 Å². The zero-order valence-corrected chi connectivity index (χ0v) is 17.8. The standard InChI is InChI=1S/C26H28N2O3/c1-18(23-8-4-6-20-5-2-3-7-24(20)23)28-15-13-21(14-16-28)25(29)27-17-19-9-11-22(12-10-19)26(30)31/h2-12,18,21H,13-17H2,1H3,(H,27,29)(H,30,31). The van der Waals surface area contributed by atoms with Gasteiger partial charge < -0.3 is 10.4 Å². The Morgan fingerprint density at radius 1 is 1.00 bits per heavy atom. The van der Waals surface area contributed by atoms with Crippen LogP contribution < -0.4 is 5.32 Å². The first-order valence-corrected chi connectivity index (χ1v) is 10.8. The van der Waals surface area contributed by atoms with Crippen LogP contribution in [0.4, 0.5) is 0 Å². The first-order valence-electron chi connectivity index (χ1n) is 10.8. The van der Waals surface area contributed by atoms with Gasteiger partial charge in [-0.2, -0.15) is 0 Å². The molecule has 0 radical (unpaired) electrons. The van der Waals surface area contributed by atoms with Gasteiger partial charge in [0, 0.05) is 18.5 Å². The molecule has 4 rings (SSSR count). The van der Waals surface area contributed by atoms with Gasteiger partial charge in [-0.15, -0.1) is 0 Å². The summed E-state index contributed by atoms with van der Waals surface area (Å²) in [7, 11) is 0. The second-order valence-electron chi connectivity index (χ2n) is 8.27. The van der Waals surface area contributed by atoms with Crippen LogP contribution in [0.5, 0.6) is 0 Å². The third kappa shape index (κ3) is 4.78. The maximum absolute atomic E-state index is 12.6. The second-order valence-corrected chi connectivity index (χ2v) is 8.27. The van der Waals surface area contributed by atoms with Gasteiger partial charge in [0.15, 0.2) is 0 Å². The van der Waals surface area contributed by atoms with Crippen molar-refractivity contribution in [1.29, 1.82) is 0 Å². The number of carboxylic acid groups (broad SMARTS) is 1. The van der Waals surface area contributed by atoms with Gasteiger partial charge in [0.1, 0.15) is 0 Å². The normalized spacial score (nSPS) is 16.2. The van der Waals surface area contributed by atoms with Crippen molar-refractivity contribution in [2.75, 3.05) is 13.1 Å². The van der Waals surface area contributed by atoms with Crippen molar-refractivity contribution in [2.45, 2.75) is 32.4 Å². The summed E-state index contributed by atoms with van der Waals surface area (Å²) in [5, 5.41) is 14.5. The van der Waals surface area contributed by atoms with Gasteiger partial charge in [-0.05, 0) is 66.9 Å². The number of fused-ring (bicyclic) bond motifs is 1. The van der Waals surface area contributed by atoms with Crippen LogP contribution in [0.1, 0.15) is 47.3 Å². The highest BCUT2D eigenvalue weighted by Crippen LogP contribution is 2.31. The third-order valence-corrected chi connectivity index (χ3v) is 6.39. The van der Waals surface area contributed by atoms with Crippen LogP contribution in [0.3, 0.4) is 0 Å². The fraction of sp³-hybridized carbons (Fsp3) is 0.308. The van der Waals surface area contributed by atoms with E-state index >= 15 is 0 Å². The molecule has 1 aliphatic heterocycles. The van der Waals surface area contributed by atoms with E-state index in [0.29, 0.717) is 12.6 Å². The number of carbonyl (C=O) groups excluding carboxylic acids is 1. The molecular weight excluding hydrogens is 388 g/mol. The SMILES string of the molecule is CC(c1cccc2ccccc12)N1CCC(C(=O)NCc2ccc(C(=O)O)cc2)CC1. The number of likely N-dealkylation sites (tertiary alicyclic amines) is 1. The average Bonchev–Trinajstić information content (AvgIpc) is 2.82. The topological polar surface area (TPSA) is 69.6 Å². The molecule has 1 atom stereocenters. The molecule has 0 bridgehead atoms. The Labute approximate surface area is 182 Å². The third-order valence-electron chi connectivity index (χ3n) is 6.39. The molecule has 2 N–H and O–H groups in total. The van der Waals surface area contributed by atoms with Gasteiger partial charge in [0.25, 0.3) is 0 Å². The maximum atomic E-state index is 12.6. The van der Waals surface area contributed by atoms with Crippen LogP contribution in [-0.4, -0.2) is 35.0 Å². The van der Waals surface area contributed by atoms with Crippen molar-refractivity contribution in [3.05, 3.63) is 83.4 Å². The van der Waals surface area contributed by atoms with E-state index in [1.165, 1.54) is 16.3 Å². The highest BCUT2D eigenvalue weighted by molar-refractivity contribution is 5.87. The molecule has 1 aliphatic rings. The highest BCUT2D eigenvalue weighted by Gasteiger charge is 2.28. The molecule has 0 spiro atoms. The molecule has 1 unspecified atom stereocenters. The molecule has 31 heavy (non-hydrogen) atoms. The lowest BCUT2D eigenvalue weighted by Gasteiger charge is -2.36. The summed E-state index contributed by atoms with van der Waals surface area (Å²) < 4.78 is 0. The summed E-state index contributed by atoms with van der Waals surface area (Å²) in [4.78, 5) is 26.1. The Hall–Kier alpha value is -3.18. The average molecular weight is 417 g/mol. The molecule has 160 valence electrons. The molecule has 1 amide bonds. The number of piperidine rings is 1. The number of hydrogen-bond acceptors (Lipinski definition) is 3. The molecular formula is C26H28N2O3. The van der Waals surface area contributed by atoms with Gasteiger partial charge in [-0.25, -0.2) is 4.79 Å². The first kappa shape index (κ1) is 21.1. The predicted octanol–water partition coefficient (Wildman–Crippen LogP) is 4.63. The van der Waals surface area contributed by atoms with E-state index in [1.54, 1.807) is 24.3 Å². The van der Waals surface area contributed by atoms with Crippen LogP contribution in [-0.2, 0) is 11.3 Å². The first-order chi connectivity index (χ1) is 15.0. The van der Waals surface area contributed by atoms with Crippen molar-refractivity contribution >= 4 is 22.6 Å². The molecule has 0 saturated carbocycles. The van der Waals surface area contributed by atoms with E-state index < -0.39 is 5.97 Å². The fourth-order valence-corrected chi connectivity index (χ4v) is 4.46. The Balaban J connectivity index is 1.31. The molecule has 3 aromatic rings. The van der Waals surface area contributed by atoms with E-state index in [0.717, 1.165) is 31.5 Å². The van der Waals surface area contributed by atoms with Crippen LogP contribution >= 0.6 is 0 Å². The zero-order chi connectivity index (χ0) is 21.8. The van der Waals surface area contributed by atoms with Gasteiger partial charge in [0.2, 0.25) is 5.91 Å². The monoisotopic (exact) mass is 416 g/mol. The summed E-state index contributed by atoms with van der Waals surface area (Å²) in [5.41, 5.74) is 2.49. The summed E-state index contributed by atoms with van der Waals surface area (Å²) >= 11 is 0. The molecule has 3 aromatic carbocycles. The minimum atomic E-state index is -0.944. The largest absolute Gasteiger partial charge is 0.478 e. The minimum absolute atomic E-state index is 0.0225. The number of nitrogens with zero attached hydrogens (tertiary/aromatic N) is 1. The number of rotatable bonds is 6. The smallest absolute Gasteiger partial charge is 0.335 e. The van der Waals surface area contributed by atoms with Crippen LogP contribution in [0.15, 0.2) is 66.7 Å². The lowest BCUT2D eigenvalue weighted by Crippen LogP contribution is -2.41. The number of carbonyl (C=O) groups is 2. The number of amides is 1. The molecule has 0 aliphatic carbocycles. The van der Waals surface area contributed by atoms with Crippen LogP contribution in [0.2, 0.25) is 0 Å². The number of aromatic carboxylic acids is 1. The number of carboxylic acids is 1. The number of nitrogens with one attached hydrogen (secondary N) is 1. The lowest BCUT2D eigenvalue weighted by atomic mass is 9.92. The molecule has 1 fully saturated rings. The van der Waals surface area contributed by atoms with Crippen LogP contribution in [0.25, 0.3) is 10.8 Å². The summed E-state index contributed by atoms with van der Waals surface area (Å²) in [6, 6.07) is 21.9. The Kier molecular flexibility index (Phi) is 6.33. The Bertz CT molecular complexity index is 1060.